The van der Waals surface area contributed by atoms with Crippen LogP contribution in [0.25, 0.3) is 0 Å². The molecule has 2 heterocycles. The molecule has 204 valence electrons. The lowest BCUT2D eigenvalue weighted by Crippen LogP contribution is -2.35. The van der Waals surface area contributed by atoms with Crippen molar-refractivity contribution in [2.75, 3.05) is 26.3 Å². The van der Waals surface area contributed by atoms with Gasteiger partial charge in [-0.2, -0.15) is 0 Å². The van der Waals surface area contributed by atoms with E-state index >= 15 is 0 Å². The first-order chi connectivity index (χ1) is 18.1. The van der Waals surface area contributed by atoms with E-state index in [9.17, 15) is 13.2 Å². The Hall–Kier alpha value is -3.10. The summed E-state index contributed by atoms with van der Waals surface area (Å²) in [6.45, 7) is 6.27. The highest BCUT2D eigenvalue weighted by atomic mass is 32.2. The molecule has 2 N–H and O–H groups in total. The standard InChI is InChI=1S/C28H34N2O7S/c1-28(2)35-20-23-18-22(12-13-25(23)37-28)26-19-30(27(31)36-26)14-5-3-4-6-15-34-16-8-10-21-9-7-11-24(17-21)38(29,32)33/h7,9,11-13,17-18,26H,3-6,14-16,19-20H2,1-2H3,(H2,29,32,33). The number of primary sulfonamides is 1. The normalized spacial score (nSPS) is 18.2. The molecule has 1 atom stereocenters. The Labute approximate surface area is 224 Å². The number of sulfonamides is 1. The third kappa shape index (κ3) is 7.71. The molecular weight excluding hydrogens is 508 g/mol. The summed E-state index contributed by atoms with van der Waals surface area (Å²) in [4.78, 5) is 14.2. The molecule has 2 aromatic rings. The molecule has 38 heavy (non-hydrogen) atoms. The lowest BCUT2D eigenvalue weighted by Gasteiger charge is -2.32. The number of amides is 1. The van der Waals surface area contributed by atoms with Gasteiger partial charge in [0.05, 0.1) is 18.0 Å². The zero-order valence-electron chi connectivity index (χ0n) is 21.8. The molecule has 9 nitrogen and oxygen atoms in total. The third-order valence-corrected chi connectivity index (χ3v) is 7.22. The van der Waals surface area contributed by atoms with E-state index in [-0.39, 0.29) is 23.7 Å². The predicted octanol–water partition coefficient (Wildman–Crippen LogP) is 4.10. The first-order valence-corrected chi connectivity index (χ1v) is 14.3. The Morgan fingerprint density at radius 2 is 1.95 bits per heavy atom. The van der Waals surface area contributed by atoms with Gasteiger partial charge >= 0.3 is 6.09 Å². The number of fused-ring (bicyclic) bond motifs is 1. The summed E-state index contributed by atoms with van der Waals surface area (Å²) in [6, 6.07) is 12.1. The number of carbonyl (C=O) groups excluding carboxylic acids is 1. The first-order valence-electron chi connectivity index (χ1n) is 12.7. The molecule has 1 unspecified atom stereocenters. The highest BCUT2D eigenvalue weighted by molar-refractivity contribution is 7.89. The monoisotopic (exact) mass is 542 g/mol. The zero-order valence-corrected chi connectivity index (χ0v) is 22.6. The molecule has 1 amide bonds. The maximum atomic E-state index is 12.4. The summed E-state index contributed by atoms with van der Waals surface area (Å²) in [7, 11) is -3.74. The number of hydrogen-bond acceptors (Lipinski definition) is 7. The summed E-state index contributed by atoms with van der Waals surface area (Å²) in [5.74, 6) is 5.93. The molecule has 2 aliphatic rings. The van der Waals surface area contributed by atoms with E-state index in [1.807, 2.05) is 32.0 Å². The van der Waals surface area contributed by atoms with Crippen molar-refractivity contribution in [3.8, 4) is 17.6 Å². The van der Waals surface area contributed by atoms with Crippen molar-refractivity contribution in [1.82, 2.24) is 4.90 Å². The molecule has 2 aliphatic heterocycles. The number of nitrogens with two attached hydrogens (primary N) is 1. The molecular formula is C28H34N2O7S. The van der Waals surface area contributed by atoms with Crippen LogP contribution in [0.4, 0.5) is 4.79 Å². The molecule has 0 aliphatic carbocycles. The van der Waals surface area contributed by atoms with E-state index in [1.165, 1.54) is 12.1 Å². The topological polar surface area (TPSA) is 117 Å². The number of rotatable bonds is 10. The van der Waals surface area contributed by atoms with Gasteiger partial charge in [0.15, 0.2) is 0 Å². The Morgan fingerprint density at radius 3 is 2.76 bits per heavy atom. The van der Waals surface area contributed by atoms with E-state index in [0.29, 0.717) is 31.9 Å². The molecule has 0 aromatic heterocycles. The lowest BCUT2D eigenvalue weighted by atomic mass is 10.0. The number of benzene rings is 2. The molecule has 4 rings (SSSR count). The van der Waals surface area contributed by atoms with Crippen LogP contribution < -0.4 is 9.88 Å². The summed E-state index contributed by atoms with van der Waals surface area (Å²) >= 11 is 0. The average Bonchev–Trinajstić information content (AvgIpc) is 3.24. The van der Waals surface area contributed by atoms with Gasteiger partial charge in [0.1, 0.15) is 18.5 Å². The minimum atomic E-state index is -3.74. The van der Waals surface area contributed by atoms with Gasteiger partial charge in [0, 0.05) is 38.1 Å². The lowest BCUT2D eigenvalue weighted by molar-refractivity contribution is -0.180. The van der Waals surface area contributed by atoms with Gasteiger partial charge < -0.3 is 23.8 Å². The minimum Gasteiger partial charge on any atom is -0.463 e. The minimum absolute atomic E-state index is 0.0379. The summed E-state index contributed by atoms with van der Waals surface area (Å²) in [5, 5.41) is 5.14. The fraction of sp³-hybridized carbons (Fsp3) is 0.464. The van der Waals surface area contributed by atoms with Crippen molar-refractivity contribution < 1.29 is 32.2 Å². The number of cyclic esters (lactones) is 1. The highest BCUT2D eigenvalue weighted by Crippen LogP contribution is 2.35. The second kappa shape index (κ2) is 12.2. The van der Waals surface area contributed by atoms with Gasteiger partial charge in [-0.1, -0.05) is 36.8 Å². The highest BCUT2D eigenvalue weighted by Gasteiger charge is 2.33. The van der Waals surface area contributed by atoms with Crippen LogP contribution in [0.15, 0.2) is 47.4 Å². The van der Waals surface area contributed by atoms with Crippen LogP contribution in [0.2, 0.25) is 0 Å². The smallest absolute Gasteiger partial charge is 0.410 e. The number of carbonyl (C=O) groups is 1. The number of hydrogen-bond donors (Lipinski definition) is 1. The number of ether oxygens (including phenoxy) is 4. The number of unbranched alkanes of at least 4 members (excludes halogenated alkanes) is 3. The Morgan fingerprint density at radius 1 is 1.13 bits per heavy atom. The summed E-state index contributed by atoms with van der Waals surface area (Å²) in [5.41, 5.74) is 2.48. The molecule has 0 bridgehead atoms. The van der Waals surface area contributed by atoms with Crippen LogP contribution in [-0.4, -0.2) is 51.5 Å². The van der Waals surface area contributed by atoms with E-state index in [0.717, 1.165) is 42.6 Å². The molecule has 10 heteroatoms. The quantitative estimate of drug-likeness (QED) is 0.355. The second-order valence-corrected chi connectivity index (χ2v) is 11.4. The average molecular weight is 543 g/mol. The van der Waals surface area contributed by atoms with Crippen LogP contribution in [0, 0.1) is 11.8 Å². The van der Waals surface area contributed by atoms with Gasteiger partial charge in [-0.3, -0.25) is 0 Å². The third-order valence-electron chi connectivity index (χ3n) is 6.31. The Bertz CT molecular complexity index is 1310. The van der Waals surface area contributed by atoms with Crippen LogP contribution in [-0.2, 0) is 30.8 Å². The first kappa shape index (κ1) is 27.9. The van der Waals surface area contributed by atoms with Gasteiger partial charge in [0.25, 0.3) is 0 Å². The fourth-order valence-corrected chi connectivity index (χ4v) is 4.85. The fourth-order valence-electron chi connectivity index (χ4n) is 4.29. The van der Waals surface area contributed by atoms with Gasteiger partial charge in [0.2, 0.25) is 15.8 Å². The SMILES string of the molecule is CC1(C)OCc2cc(C3CN(CCCCCCOCC#Cc4cccc(S(N)(=O)=O)c4)C(=O)O3)ccc2O1. The van der Waals surface area contributed by atoms with Crippen LogP contribution in [0.5, 0.6) is 5.75 Å². The van der Waals surface area contributed by atoms with E-state index in [2.05, 4.69) is 11.8 Å². The molecule has 1 saturated heterocycles. The van der Waals surface area contributed by atoms with Gasteiger partial charge in [-0.25, -0.2) is 18.4 Å². The molecule has 0 spiro atoms. The Kier molecular flexibility index (Phi) is 8.95. The van der Waals surface area contributed by atoms with Crippen LogP contribution in [0.3, 0.4) is 0 Å². The second-order valence-electron chi connectivity index (χ2n) is 9.82. The maximum absolute atomic E-state index is 12.4. The molecule has 1 fully saturated rings. The van der Waals surface area contributed by atoms with Crippen molar-refractivity contribution in [2.24, 2.45) is 5.14 Å². The maximum Gasteiger partial charge on any atom is 0.410 e. The van der Waals surface area contributed by atoms with Crippen molar-refractivity contribution in [2.45, 2.75) is 62.9 Å². The van der Waals surface area contributed by atoms with Crippen LogP contribution >= 0.6 is 0 Å². The van der Waals surface area contributed by atoms with Gasteiger partial charge in [-0.05, 0) is 48.7 Å². The van der Waals surface area contributed by atoms with Crippen LogP contribution in [0.1, 0.15) is 62.3 Å². The largest absolute Gasteiger partial charge is 0.463 e. The molecule has 0 saturated carbocycles. The van der Waals surface area contributed by atoms with Crippen molar-refractivity contribution in [3.63, 3.8) is 0 Å². The van der Waals surface area contributed by atoms with Crippen molar-refractivity contribution >= 4 is 16.1 Å². The molecule has 2 aromatic carbocycles. The van der Waals surface area contributed by atoms with E-state index in [4.69, 9.17) is 24.1 Å². The molecule has 0 radical (unpaired) electrons. The van der Waals surface area contributed by atoms with E-state index < -0.39 is 15.8 Å². The summed E-state index contributed by atoms with van der Waals surface area (Å²) in [6.07, 6.45) is 3.18. The predicted molar refractivity (Wildman–Crippen MR) is 141 cm³/mol. The van der Waals surface area contributed by atoms with Gasteiger partial charge in [-0.15, -0.1) is 0 Å². The van der Waals surface area contributed by atoms with Crippen molar-refractivity contribution in [3.05, 3.63) is 59.2 Å². The Balaban J connectivity index is 1.10. The van der Waals surface area contributed by atoms with E-state index in [1.54, 1.807) is 17.0 Å². The number of nitrogens with zero attached hydrogens (tertiary/aromatic N) is 1. The zero-order chi connectivity index (χ0) is 27.2. The summed E-state index contributed by atoms with van der Waals surface area (Å²) < 4.78 is 45.5. The van der Waals surface area contributed by atoms with Crippen molar-refractivity contribution in [1.29, 1.82) is 0 Å².